The molecule has 124 valence electrons. The summed E-state index contributed by atoms with van der Waals surface area (Å²) in [6.07, 6.45) is 10.5. The minimum absolute atomic E-state index is 0.0527. The Morgan fingerprint density at radius 2 is 1.82 bits per heavy atom. The van der Waals surface area contributed by atoms with Crippen LogP contribution in [0.3, 0.4) is 0 Å². The van der Waals surface area contributed by atoms with Crippen molar-refractivity contribution in [3.05, 3.63) is 0 Å². The van der Waals surface area contributed by atoms with Crippen molar-refractivity contribution in [2.24, 2.45) is 39.7 Å². The van der Waals surface area contributed by atoms with Gasteiger partial charge in [0.05, 0.1) is 11.8 Å². The Balaban J connectivity index is 1.63. The van der Waals surface area contributed by atoms with Crippen molar-refractivity contribution in [2.75, 3.05) is 0 Å². The minimum Gasteiger partial charge on any atom is -0.411 e. The van der Waals surface area contributed by atoms with Crippen LogP contribution in [0.5, 0.6) is 0 Å². The smallest absolute Gasteiger partial charge is 0.0632 e. The zero-order valence-corrected chi connectivity index (χ0v) is 14.1. The molecule has 0 bridgehead atoms. The summed E-state index contributed by atoms with van der Waals surface area (Å²) >= 11 is 0. The number of oxime groups is 1. The Morgan fingerprint density at radius 1 is 1.00 bits per heavy atom. The van der Waals surface area contributed by atoms with Crippen molar-refractivity contribution in [2.45, 2.75) is 77.7 Å². The van der Waals surface area contributed by atoms with Crippen LogP contribution in [0.4, 0.5) is 0 Å². The molecule has 2 N–H and O–H groups in total. The number of hydrogen-bond acceptors (Lipinski definition) is 3. The number of aliphatic hydroxyl groups is 1. The molecule has 0 aromatic rings. The van der Waals surface area contributed by atoms with Crippen LogP contribution in [-0.2, 0) is 0 Å². The van der Waals surface area contributed by atoms with Crippen LogP contribution in [0.1, 0.15) is 71.6 Å². The molecule has 22 heavy (non-hydrogen) atoms. The molecule has 7 atom stereocenters. The van der Waals surface area contributed by atoms with E-state index in [1.165, 1.54) is 38.5 Å². The fourth-order valence-corrected chi connectivity index (χ4v) is 7.19. The van der Waals surface area contributed by atoms with Gasteiger partial charge in [-0.25, -0.2) is 0 Å². The summed E-state index contributed by atoms with van der Waals surface area (Å²) in [4.78, 5) is 0. The molecule has 3 nitrogen and oxygen atoms in total. The van der Waals surface area contributed by atoms with Gasteiger partial charge in [0.15, 0.2) is 0 Å². The first-order valence-electron chi connectivity index (χ1n) is 9.38. The van der Waals surface area contributed by atoms with E-state index in [0.717, 1.165) is 48.6 Å². The Kier molecular flexibility index (Phi) is 3.38. The van der Waals surface area contributed by atoms with Crippen LogP contribution in [0.15, 0.2) is 5.16 Å². The maximum atomic E-state index is 10.1. The van der Waals surface area contributed by atoms with E-state index < -0.39 is 0 Å². The molecular weight excluding hydrogens is 274 g/mol. The van der Waals surface area contributed by atoms with Gasteiger partial charge in [0.1, 0.15) is 0 Å². The molecule has 4 aliphatic carbocycles. The van der Waals surface area contributed by atoms with Crippen LogP contribution in [0.25, 0.3) is 0 Å². The molecule has 0 aromatic heterocycles. The number of hydrogen-bond donors (Lipinski definition) is 2. The Morgan fingerprint density at radius 3 is 2.59 bits per heavy atom. The lowest BCUT2D eigenvalue weighted by molar-refractivity contribution is -0.114. The summed E-state index contributed by atoms with van der Waals surface area (Å²) in [5, 5.41) is 23.1. The normalized spacial score (nSPS) is 56.3. The van der Waals surface area contributed by atoms with Gasteiger partial charge in [0.2, 0.25) is 0 Å². The predicted molar refractivity (Wildman–Crippen MR) is 87.0 cm³/mol. The summed E-state index contributed by atoms with van der Waals surface area (Å²) in [5.74, 6) is 3.10. The van der Waals surface area contributed by atoms with E-state index in [0.29, 0.717) is 5.41 Å². The Labute approximate surface area is 134 Å². The molecule has 0 heterocycles. The fourth-order valence-electron chi connectivity index (χ4n) is 7.19. The minimum atomic E-state index is -0.0527. The molecule has 0 radical (unpaired) electrons. The second-order valence-corrected chi connectivity index (χ2v) is 9.13. The van der Waals surface area contributed by atoms with E-state index in [9.17, 15) is 10.3 Å². The first-order chi connectivity index (χ1) is 10.5. The van der Waals surface area contributed by atoms with Gasteiger partial charge in [-0.05, 0) is 86.9 Å². The molecule has 0 amide bonds. The van der Waals surface area contributed by atoms with Crippen LogP contribution in [-0.4, -0.2) is 22.1 Å². The molecular formula is C19H31NO2. The third-order valence-corrected chi connectivity index (χ3v) is 8.50. The highest BCUT2D eigenvalue weighted by molar-refractivity contribution is 5.91. The van der Waals surface area contributed by atoms with Gasteiger partial charge >= 0.3 is 0 Å². The second-order valence-electron chi connectivity index (χ2n) is 9.13. The molecule has 0 aliphatic heterocycles. The Hall–Kier alpha value is -0.570. The number of fused-ring (bicyclic) bond motifs is 5. The van der Waals surface area contributed by atoms with Crippen LogP contribution < -0.4 is 0 Å². The largest absolute Gasteiger partial charge is 0.411 e. The van der Waals surface area contributed by atoms with E-state index in [-0.39, 0.29) is 11.5 Å². The van der Waals surface area contributed by atoms with Crippen LogP contribution in [0.2, 0.25) is 0 Å². The molecule has 4 saturated carbocycles. The first-order valence-corrected chi connectivity index (χ1v) is 9.38. The SMILES string of the molecule is C[C@]12CC[C@@H](O)C[C@@H]1CC[C@@H]1[C@@H]2CC[C@]2(C)/C(=N/O)CC[C@@H]12. The van der Waals surface area contributed by atoms with Crippen molar-refractivity contribution in [3.8, 4) is 0 Å². The lowest BCUT2D eigenvalue weighted by Crippen LogP contribution is -2.54. The van der Waals surface area contributed by atoms with Gasteiger partial charge in [0.25, 0.3) is 0 Å². The zero-order valence-electron chi connectivity index (χ0n) is 14.1. The van der Waals surface area contributed by atoms with Gasteiger partial charge in [-0.2, -0.15) is 0 Å². The van der Waals surface area contributed by atoms with Crippen LogP contribution in [0, 0.1) is 34.5 Å². The highest BCUT2D eigenvalue weighted by atomic mass is 16.4. The third-order valence-electron chi connectivity index (χ3n) is 8.50. The van der Waals surface area contributed by atoms with Crippen molar-refractivity contribution in [3.63, 3.8) is 0 Å². The van der Waals surface area contributed by atoms with E-state index in [2.05, 4.69) is 19.0 Å². The van der Waals surface area contributed by atoms with E-state index in [1.807, 2.05) is 0 Å². The topological polar surface area (TPSA) is 52.8 Å². The van der Waals surface area contributed by atoms with E-state index >= 15 is 0 Å². The highest BCUT2D eigenvalue weighted by Gasteiger charge is 2.59. The maximum Gasteiger partial charge on any atom is 0.0632 e. The average molecular weight is 305 g/mol. The maximum absolute atomic E-state index is 10.1. The molecule has 0 unspecified atom stereocenters. The lowest BCUT2D eigenvalue weighted by atomic mass is 9.45. The van der Waals surface area contributed by atoms with Gasteiger partial charge in [0, 0.05) is 5.41 Å². The van der Waals surface area contributed by atoms with Gasteiger partial charge in [-0.15, -0.1) is 0 Å². The highest BCUT2D eigenvalue weighted by Crippen LogP contribution is 2.65. The summed E-state index contributed by atoms with van der Waals surface area (Å²) < 4.78 is 0. The quantitative estimate of drug-likeness (QED) is 0.520. The van der Waals surface area contributed by atoms with Gasteiger partial charge in [-0.1, -0.05) is 19.0 Å². The predicted octanol–water partition coefficient (Wildman–Crippen LogP) is 4.22. The second kappa shape index (κ2) is 4.96. The first kappa shape index (κ1) is 15.0. The molecule has 3 heteroatoms. The third kappa shape index (κ3) is 1.87. The zero-order chi connectivity index (χ0) is 15.5. The molecule has 4 aliphatic rings. The standard InChI is InChI=1S/C19H31NO2/c1-18-9-7-13(21)11-12(18)3-4-14-15-5-6-17(20-22)19(15,2)10-8-16(14)18/h12-16,21-22H,3-11H2,1-2H3/b20-17+/t12-,13+,14-,15-,16-,18-,19-/m0/s1. The molecule has 0 spiro atoms. The van der Waals surface area contributed by atoms with Crippen molar-refractivity contribution < 1.29 is 10.3 Å². The summed E-state index contributed by atoms with van der Waals surface area (Å²) in [6.45, 7) is 4.88. The summed E-state index contributed by atoms with van der Waals surface area (Å²) in [7, 11) is 0. The summed E-state index contributed by atoms with van der Waals surface area (Å²) in [5.41, 5.74) is 1.68. The van der Waals surface area contributed by atoms with Gasteiger partial charge < -0.3 is 10.3 Å². The number of aliphatic hydroxyl groups excluding tert-OH is 1. The average Bonchev–Trinajstić information content (AvgIpc) is 2.84. The van der Waals surface area contributed by atoms with E-state index in [1.54, 1.807) is 0 Å². The van der Waals surface area contributed by atoms with Gasteiger partial charge in [-0.3, -0.25) is 0 Å². The number of nitrogens with zero attached hydrogens (tertiary/aromatic N) is 1. The molecule has 4 fully saturated rings. The lowest BCUT2D eigenvalue weighted by Gasteiger charge is -2.60. The van der Waals surface area contributed by atoms with Crippen molar-refractivity contribution in [1.82, 2.24) is 0 Å². The Bertz CT molecular complexity index is 490. The monoisotopic (exact) mass is 305 g/mol. The van der Waals surface area contributed by atoms with Crippen molar-refractivity contribution >= 4 is 5.71 Å². The van der Waals surface area contributed by atoms with Crippen molar-refractivity contribution in [1.29, 1.82) is 0 Å². The molecule has 0 aromatic carbocycles. The van der Waals surface area contributed by atoms with E-state index in [4.69, 9.17) is 0 Å². The molecule has 4 rings (SSSR count). The van der Waals surface area contributed by atoms with Crippen LogP contribution >= 0.6 is 0 Å². The number of rotatable bonds is 0. The molecule has 0 saturated heterocycles. The summed E-state index contributed by atoms with van der Waals surface area (Å²) in [6, 6.07) is 0. The fraction of sp³-hybridized carbons (Fsp3) is 0.947.